The summed E-state index contributed by atoms with van der Waals surface area (Å²) in [7, 11) is 0. The van der Waals surface area contributed by atoms with Crippen molar-refractivity contribution >= 4 is 11.7 Å². The third-order valence-corrected chi connectivity index (χ3v) is 3.48. The number of carbonyl (C=O) groups excluding carboxylic acids is 1. The molecule has 0 fully saturated rings. The molecule has 6 heteroatoms. The van der Waals surface area contributed by atoms with Crippen LogP contribution in [0.2, 0.25) is 0 Å². The zero-order valence-corrected chi connectivity index (χ0v) is 12.7. The van der Waals surface area contributed by atoms with E-state index in [1.54, 1.807) is 12.3 Å². The van der Waals surface area contributed by atoms with Crippen LogP contribution in [0.1, 0.15) is 33.0 Å². The Hall–Kier alpha value is -2.76. The zero-order chi connectivity index (χ0) is 15.7. The molecule has 0 radical (unpaired) electrons. The van der Waals surface area contributed by atoms with Gasteiger partial charge in [-0.1, -0.05) is 23.8 Å². The average molecular weight is 296 g/mol. The van der Waals surface area contributed by atoms with Crippen molar-refractivity contribution in [3.63, 3.8) is 0 Å². The minimum Gasteiger partial charge on any atom is -0.455 e. The number of esters is 1. The number of hydrogen-bond donors (Lipinski definition) is 0. The summed E-state index contributed by atoms with van der Waals surface area (Å²) in [5.41, 5.74) is 4.04. The van der Waals surface area contributed by atoms with Gasteiger partial charge < -0.3 is 4.74 Å². The van der Waals surface area contributed by atoms with Gasteiger partial charge in [0.15, 0.2) is 0 Å². The first kappa shape index (κ1) is 14.2. The van der Waals surface area contributed by atoms with Crippen molar-refractivity contribution in [3.8, 4) is 0 Å². The molecule has 6 nitrogen and oxygen atoms in total. The van der Waals surface area contributed by atoms with Gasteiger partial charge in [-0.3, -0.25) is 0 Å². The third kappa shape index (κ3) is 2.67. The summed E-state index contributed by atoms with van der Waals surface area (Å²) in [6, 6.07) is 7.84. The second-order valence-corrected chi connectivity index (χ2v) is 5.24. The largest absolute Gasteiger partial charge is 0.455 e. The number of fused-ring (bicyclic) bond motifs is 1. The summed E-state index contributed by atoms with van der Waals surface area (Å²) in [5, 5.41) is 4.13. The van der Waals surface area contributed by atoms with Gasteiger partial charge in [-0.05, 0) is 38.0 Å². The lowest BCUT2D eigenvalue weighted by atomic mass is 10.1. The number of benzene rings is 1. The molecule has 112 valence electrons. The summed E-state index contributed by atoms with van der Waals surface area (Å²) in [6.45, 7) is 6.06. The molecule has 0 N–H and O–H groups in total. The van der Waals surface area contributed by atoms with E-state index in [0.717, 1.165) is 22.4 Å². The van der Waals surface area contributed by atoms with Crippen molar-refractivity contribution in [2.45, 2.75) is 27.4 Å². The highest BCUT2D eigenvalue weighted by Crippen LogP contribution is 2.12. The van der Waals surface area contributed by atoms with Gasteiger partial charge in [0.25, 0.3) is 11.6 Å². The maximum Gasteiger partial charge on any atom is 0.378 e. The van der Waals surface area contributed by atoms with E-state index in [0.29, 0.717) is 5.78 Å². The topological polar surface area (TPSA) is 69.4 Å². The predicted octanol–water partition coefficient (Wildman–Crippen LogP) is 2.41. The maximum atomic E-state index is 12.1. The predicted molar refractivity (Wildman–Crippen MR) is 80.6 cm³/mol. The first-order valence-corrected chi connectivity index (χ1v) is 6.96. The number of aromatic nitrogens is 4. The van der Waals surface area contributed by atoms with E-state index in [2.05, 4.69) is 15.1 Å². The molecule has 0 aliphatic rings. The van der Waals surface area contributed by atoms with E-state index in [-0.39, 0.29) is 12.4 Å². The first-order valence-electron chi connectivity index (χ1n) is 6.96. The highest BCUT2D eigenvalue weighted by Gasteiger charge is 2.16. The Kier molecular flexibility index (Phi) is 3.58. The summed E-state index contributed by atoms with van der Waals surface area (Å²) in [5.74, 6) is -0.142. The molecule has 1 aromatic carbocycles. The van der Waals surface area contributed by atoms with Gasteiger partial charge in [0.1, 0.15) is 6.61 Å². The van der Waals surface area contributed by atoms with Crippen LogP contribution >= 0.6 is 0 Å². The second kappa shape index (κ2) is 5.55. The van der Waals surface area contributed by atoms with Crippen molar-refractivity contribution in [3.05, 3.63) is 58.7 Å². The number of nitrogens with zero attached hydrogens (tertiary/aromatic N) is 4. The van der Waals surface area contributed by atoms with E-state index in [1.807, 2.05) is 39.0 Å². The van der Waals surface area contributed by atoms with Crippen molar-refractivity contribution in [2.24, 2.45) is 0 Å². The van der Waals surface area contributed by atoms with E-state index in [1.165, 1.54) is 4.52 Å². The number of carbonyl (C=O) groups is 1. The maximum absolute atomic E-state index is 12.1. The Labute approximate surface area is 127 Å². The summed E-state index contributed by atoms with van der Waals surface area (Å²) >= 11 is 0. The molecular weight excluding hydrogens is 280 g/mol. The molecule has 0 aliphatic carbocycles. The van der Waals surface area contributed by atoms with Gasteiger partial charge in [-0.2, -0.15) is 4.98 Å². The monoisotopic (exact) mass is 296 g/mol. The Morgan fingerprint density at radius 1 is 1.23 bits per heavy atom. The van der Waals surface area contributed by atoms with Crippen molar-refractivity contribution in [1.82, 2.24) is 19.6 Å². The minimum absolute atomic E-state index is 0.0205. The quantitative estimate of drug-likeness (QED) is 0.694. The molecule has 0 bridgehead atoms. The van der Waals surface area contributed by atoms with Crippen molar-refractivity contribution < 1.29 is 9.53 Å². The Morgan fingerprint density at radius 3 is 2.82 bits per heavy atom. The minimum atomic E-state index is -0.550. The molecular formula is C16H16N4O2. The standard InChI is InChI=1S/C16H16N4O2/c1-10-4-5-11(2)13(8-10)9-22-15(21)14-18-16-17-7-6-12(3)20(16)19-14/h4-8H,9H2,1-3H3. The third-order valence-electron chi connectivity index (χ3n) is 3.48. The lowest BCUT2D eigenvalue weighted by molar-refractivity contribution is 0.0458. The van der Waals surface area contributed by atoms with Gasteiger partial charge in [0.05, 0.1) is 0 Å². The summed E-state index contributed by atoms with van der Waals surface area (Å²) in [6.07, 6.45) is 1.63. The molecule has 0 spiro atoms. The fourth-order valence-electron chi connectivity index (χ4n) is 2.16. The van der Waals surface area contributed by atoms with Crippen LogP contribution in [-0.4, -0.2) is 25.6 Å². The van der Waals surface area contributed by atoms with E-state index in [9.17, 15) is 4.79 Å². The molecule has 2 aromatic heterocycles. The SMILES string of the molecule is Cc1ccc(C)c(COC(=O)c2nc3nccc(C)n3n2)c1. The lowest BCUT2D eigenvalue weighted by Crippen LogP contribution is -2.08. The highest BCUT2D eigenvalue weighted by atomic mass is 16.5. The number of hydrogen-bond acceptors (Lipinski definition) is 5. The number of aryl methyl sites for hydroxylation is 3. The van der Waals surface area contributed by atoms with Crippen LogP contribution < -0.4 is 0 Å². The molecule has 0 aliphatic heterocycles. The first-order chi connectivity index (χ1) is 10.5. The van der Waals surface area contributed by atoms with Crippen molar-refractivity contribution in [1.29, 1.82) is 0 Å². The Bertz CT molecular complexity index is 854. The molecule has 22 heavy (non-hydrogen) atoms. The molecule has 0 unspecified atom stereocenters. The average Bonchev–Trinajstić information content (AvgIpc) is 2.93. The van der Waals surface area contributed by atoms with Crippen LogP contribution in [0.5, 0.6) is 0 Å². The van der Waals surface area contributed by atoms with Gasteiger partial charge in [0, 0.05) is 11.9 Å². The van der Waals surface area contributed by atoms with Crippen LogP contribution in [-0.2, 0) is 11.3 Å². The molecule has 0 saturated carbocycles. The van der Waals surface area contributed by atoms with E-state index in [4.69, 9.17) is 4.74 Å². The van der Waals surface area contributed by atoms with Gasteiger partial charge in [-0.25, -0.2) is 14.3 Å². The molecule has 0 amide bonds. The summed E-state index contributed by atoms with van der Waals surface area (Å²) < 4.78 is 6.84. The van der Waals surface area contributed by atoms with Crippen LogP contribution in [0.4, 0.5) is 0 Å². The van der Waals surface area contributed by atoms with E-state index >= 15 is 0 Å². The molecule has 2 heterocycles. The lowest BCUT2D eigenvalue weighted by Gasteiger charge is -2.07. The van der Waals surface area contributed by atoms with Crippen LogP contribution in [0.15, 0.2) is 30.5 Å². The van der Waals surface area contributed by atoms with Crippen LogP contribution in [0, 0.1) is 20.8 Å². The smallest absolute Gasteiger partial charge is 0.378 e. The molecule has 3 rings (SSSR count). The second-order valence-electron chi connectivity index (χ2n) is 5.24. The summed E-state index contributed by atoms with van der Waals surface area (Å²) in [4.78, 5) is 20.3. The fourth-order valence-corrected chi connectivity index (χ4v) is 2.16. The fraction of sp³-hybridized carbons (Fsp3) is 0.250. The molecule has 0 saturated heterocycles. The normalized spacial score (nSPS) is 10.9. The van der Waals surface area contributed by atoms with Gasteiger partial charge in [0.2, 0.25) is 0 Å². The Balaban J connectivity index is 1.78. The van der Waals surface area contributed by atoms with Crippen LogP contribution in [0.25, 0.3) is 5.78 Å². The van der Waals surface area contributed by atoms with E-state index < -0.39 is 5.97 Å². The zero-order valence-electron chi connectivity index (χ0n) is 12.7. The Morgan fingerprint density at radius 2 is 2.05 bits per heavy atom. The van der Waals surface area contributed by atoms with Crippen molar-refractivity contribution in [2.75, 3.05) is 0 Å². The molecule has 3 aromatic rings. The number of rotatable bonds is 3. The number of ether oxygens (including phenoxy) is 1. The van der Waals surface area contributed by atoms with Crippen LogP contribution in [0.3, 0.4) is 0 Å². The van der Waals surface area contributed by atoms with Gasteiger partial charge >= 0.3 is 5.97 Å². The molecule has 0 atom stereocenters. The van der Waals surface area contributed by atoms with Gasteiger partial charge in [-0.15, -0.1) is 5.10 Å². The highest BCUT2D eigenvalue weighted by molar-refractivity contribution is 5.85.